The van der Waals surface area contributed by atoms with Crippen LogP contribution in [0.15, 0.2) is 6.20 Å². The van der Waals surface area contributed by atoms with Crippen LogP contribution in [0.5, 0.6) is 0 Å². The molecule has 3 unspecified atom stereocenters. The zero-order valence-electron chi connectivity index (χ0n) is 12.9. The van der Waals surface area contributed by atoms with Crippen LogP contribution in [0.25, 0.3) is 0 Å². The lowest BCUT2D eigenvalue weighted by Gasteiger charge is -2.48. The van der Waals surface area contributed by atoms with E-state index in [1.54, 1.807) is 0 Å². The van der Waals surface area contributed by atoms with E-state index in [-0.39, 0.29) is 5.54 Å². The summed E-state index contributed by atoms with van der Waals surface area (Å²) in [5.41, 5.74) is 0.242. The van der Waals surface area contributed by atoms with Gasteiger partial charge >= 0.3 is 0 Å². The van der Waals surface area contributed by atoms with Gasteiger partial charge in [-0.1, -0.05) is 13.8 Å². The summed E-state index contributed by atoms with van der Waals surface area (Å²) in [5, 5.41) is 4.99. The monoisotopic (exact) mass is 281 g/mol. The van der Waals surface area contributed by atoms with Crippen molar-refractivity contribution in [2.75, 3.05) is 13.1 Å². The smallest absolute Gasteiger partial charge is 0.110 e. The molecule has 1 aromatic rings. The van der Waals surface area contributed by atoms with Crippen LogP contribution >= 0.6 is 11.3 Å². The van der Waals surface area contributed by atoms with Gasteiger partial charge in [-0.3, -0.25) is 4.90 Å². The molecule has 0 amide bonds. The molecule has 1 aliphatic rings. The van der Waals surface area contributed by atoms with E-state index in [0.29, 0.717) is 12.1 Å². The van der Waals surface area contributed by atoms with Gasteiger partial charge in [0.25, 0.3) is 0 Å². The van der Waals surface area contributed by atoms with Gasteiger partial charge in [0.05, 0.1) is 6.04 Å². The third kappa shape index (κ3) is 3.18. The minimum Gasteiger partial charge on any atom is -0.309 e. The number of hydrogen-bond donors (Lipinski definition) is 1. The first-order valence-electron chi connectivity index (χ1n) is 7.42. The van der Waals surface area contributed by atoms with Crippen LogP contribution in [0.3, 0.4) is 0 Å². The molecule has 3 nitrogen and oxygen atoms in total. The van der Waals surface area contributed by atoms with Crippen LogP contribution in [0.4, 0.5) is 0 Å². The third-order valence-electron chi connectivity index (χ3n) is 4.51. The maximum atomic E-state index is 4.59. The molecule has 2 rings (SSSR count). The van der Waals surface area contributed by atoms with E-state index in [1.165, 1.54) is 22.7 Å². The lowest BCUT2D eigenvalue weighted by molar-refractivity contribution is 0.0493. The largest absolute Gasteiger partial charge is 0.309 e. The molecule has 2 heterocycles. The molecule has 4 heteroatoms. The van der Waals surface area contributed by atoms with Crippen molar-refractivity contribution >= 4 is 11.3 Å². The van der Waals surface area contributed by atoms with E-state index >= 15 is 0 Å². The number of aryl methyl sites for hydroxylation is 1. The highest BCUT2D eigenvalue weighted by atomic mass is 32.1. The lowest BCUT2D eigenvalue weighted by Crippen LogP contribution is -2.62. The van der Waals surface area contributed by atoms with Crippen molar-refractivity contribution in [2.45, 2.75) is 65.1 Å². The molecule has 3 atom stereocenters. The summed E-state index contributed by atoms with van der Waals surface area (Å²) in [6, 6.07) is 1.05. The zero-order chi connectivity index (χ0) is 14.0. The molecule has 0 aromatic carbocycles. The molecule has 1 aromatic heterocycles. The van der Waals surface area contributed by atoms with Crippen molar-refractivity contribution < 1.29 is 0 Å². The van der Waals surface area contributed by atoms with Crippen LogP contribution < -0.4 is 5.32 Å². The van der Waals surface area contributed by atoms with Gasteiger partial charge in [-0.05, 0) is 33.6 Å². The predicted molar refractivity (Wildman–Crippen MR) is 82.7 cm³/mol. The number of nitrogens with one attached hydrogen (secondary N) is 1. The average Bonchev–Trinajstić information content (AvgIpc) is 2.84. The Bertz CT molecular complexity index is 417. The maximum Gasteiger partial charge on any atom is 0.110 e. The second-order valence-corrected chi connectivity index (χ2v) is 7.28. The number of nitrogens with zero attached hydrogens (tertiary/aromatic N) is 2. The van der Waals surface area contributed by atoms with Gasteiger partial charge in [0.1, 0.15) is 5.01 Å². The highest BCUT2D eigenvalue weighted by Gasteiger charge is 2.36. The van der Waals surface area contributed by atoms with E-state index in [9.17, 15) is 0 Å². The summed E-state index contributed by atoms with van der Waals surface area (Å²) in [6.07, 6.45) is 4.36. The van der Waals surface area contributed by atoms with Gasteiger partial charge in [-0.2, -0.15) is 0 Å². The Kier molecular flexibility index (Phi) is 4.64. The van der Waals surface area contributed by atoms with Crippen LogP contribution in [0.2, 0.25) is 0 Å². The molecule has 1 aliphatic heterocycles. The Balaban J connectivity index is 2.18. The summed E-state index contributed by atoms with van der Waals surface area (Å²) in [5.74, 6) is 0. The van der Waals surface area contributed by atoms with Gasteiger partial charge < -0.3 is 5.32 Å². The fourth-order valence-corrected chi connectivity index (χ4v) is 3.69. The summed E-state index contributed by atoms with van der Waals surface area (Å²) in [4.78, 5) is 8.55. The van der Waals surface area contributed by atoms with Crippen molar-refractivity contribution in [3.05, 3.63) is 16.1 Å². The van der Waals surface area contributed by atoms with E-state index in [0.717, 1.165) is 13.1 Å². The molecule has 19 heavy (non-hydrogen) atoms. The van der Waals surface area contributed by atoms with Crippen molar-refractivity contribution in [1.82, 2.24) is 15.2 Å². The Morgan fingerprint density at radius 1 is 1.58 bits per heavy atom. The number of rotatable bonds is 4. The molecule has 0 bridgehead atoms. The van der Waals surface area contributed by atoms with Crippen molar-refractivity contribution in [2.24, 2.45) is 0 Å². The third-order valence-corrected chi connectivity index (χ3v) is 5.59. The zero-order valence-corrected chi connectivity index (χ0v) is 13.7. The van der Waals surface area contributed by atoms with Gasteiger partial charge in [0, 0.05) is 35.7 Å². The van der Waals surface area contributed by atoms with E-state index in [2.05, 4.69) is 49.8 Å². The molecule has 1 saturated heterocycles. The van der Waals surface area contributed by atoms with E-state index in [4.69, 9.17) is 0 Å². The summed E-state index contributed by atoms with van der Waals surface area (Å²) in [7, 11) is 0. The van der Waals surface area contributed by atoms with Crippen molar-refractivity contribution in [1.29, 1.82) is 0 Å². The van der Waals surface area contributed by atoms with Gasteiger partial charge in [0.2, 0.25) is 0 Å². The molecule has 108 valence electrons. The molecule has 0 radical (unpaired) electrons. The number of hydrogen-bond acceptors (Lipinski definition) is 4. The van der Waals surface area contributed by atoms with Gasteiger partial charge in [-0.15, -0.1) is 11.3 Å². The minimum atomic E-state index is 0.242. The first kappa shape index (κ1) is 14.9. The summed E-state index contributed by atoms with van der Waals surface area (Å²) >= 11 is 1.84. The minimum absolute atomic E-state index is 0.242. The first-order valence-corrected chi connectivity index (χ1v) is 8.24. The quantitative estimate of drug-likeness (QED) is 0.917. The lowest BCUT2D eigenvalue weighted by atomic mass is 9.91. The summed E-state index contributed by atoms with van der Waals surface area (Å²) < 4.78 is 0. The Morgan fingerprint density at radius 3 is 2.84 bits per heavy atom. The maximum absolute atomic E-state index is 4.59. The highest BCUT2D eigenvalue weighted by molar-refractivity contribution is 7.11. The number of aromatic nitrogens is 1. The Labute approximate surface area is 121 Å². The van der Waals surface area contributed by atoms with Crippen LogP contribution in [-0.4, -0.2) is 34.6 Å². The van der Waals surface area contributed by atoms with Crippen LogP contribution in [-0.2, 0) is 0 Å². The van der Waals surface area contributed by atoms with E-state index in [1.807, 2.05) is 17.5 Å². The van der Waals surface area contributed by atoms with Crippen molar-refractivity contribution in [3.63, 3.8) is 0 Å². The molecule has 0 spiro atoms. The molecular weight excluding hydrogens is 254 g/mol. The predicted octanol–water partition coefficient (Wildman–Crippen LogP) is 3.37. The molecule has 1 N–H and O–H groups in total. The molecular formula is C15H27N3S. The normalized spacial score (nSPS) is 30.5. The summed E-state index contributed by atoms with van der Waals surface area (Å²) in [6.45, 7) is 13.5. The molecule has 1 fully saturated rings. The van der Waals surface area contributed by atoms with Gasteiger partial charge in [-0.25, -0.2) is 4.98 Å². The average molecular weight is 281 g/mol. The fraction of sp³-hybridized carbons (Fsp3) is 0.800. The Hall–Kier alpha value is -0.450. The highest BCUT2D eigenvalue weighted by Crippen LogP contribution is 2.31. The number of piperazine rings is 1. The fourth-order valence-electron chi connectivity index (χ4n) is 2.85. The van der Waals surface area contributed by atoms with Crippen molar-refractivity contribution in [3.8, 4) is 0 Å². The number of thiazole rings is 1. The topological polar surface area (TPSA) is 28.2 Å². The standard InChI is InChI=1S/C15H27N3S/c1-6-13-9-17-15(5,7-2)10-18(13)12(4)14-16-8-11(3)19-14/h8,12-13,17H,6-7,9-10H2,1-5H3. The molecule has 0 aliphatic carbocycles. The van der Waals surface area contributed by atoms with Crippen LogP contribution in [0.1, 0.15) is 56.5 Å². The van der Waals surface area contributed by atoms with E-state index < -0.39 is 0 Å². The Morgan fingerprint density at radius 2 is 2.32 bits per heavy atom. The van der Waals surface area contributed by atoms with Crippen LogP contribution in [0, 0.1) is 6.92 Å². The first-order chi connectivity index (χ1) is 8.99. The SMILES string of the molecule is CCC1CNC(C)(CC)CN1C(C)c1ncc(C)s1. The second-order valence-electron chi connectivity index (χ2n) is 6.01. The van der Waals surface area contributed by atoms with Gasteiger partial charge in [0.15, 0.2) is 0 Å². The molecule has 0 saturated carbocycles. The second kappa shape index (κ2) is 5.90.